The summed E-state index contributed by atoms with van der Waals surface area (Å²) in [6, 6.07) is 6.76. The van der Waals surface area contributed by atoms with E-state index in [0.717, 1.165) is 19.0 Å². The van der Waals surface area contributed by atoms with Gasteiger partial charge in [0, 0.05) is 12.4 Å². The van der Waals surface area contributed by atoms with E-state index < -0.39 is 0 Å². The maximum Gasteiger partial charge on any atom is 0.0681 e. The largest absolute Gasteiger partial charge is 0.317 e. The Morgan fingerprint density at radius 1 is 1.22 bits per heavy atom. The summed E-state index contributed by atoms with van der Waals surface area (Å²) < 4.78 is 1.96. The van der Waals surface area contributed by atoms with Gasteiger partial charge in [0.2, 0.25) is 0 Å². The zero-order valence-electron chi connectivity index (χ0n) is 10.4. The summed E-state index contributed by atoms with van der Waals surface area (Å²) >= 11 is 0. The molecule has 0 amide bonds. The summed E-state index contributed by atoms with van der Waals surface area (Å²) in [6.45, 7) is 2.29. The predicted molar refractivity (Wildman–Crippen MR) is 80.1 cm³/mol. The summed E-state index contributed by atoms with van der Waals surface area (Å²) in [4.78, 5) is 0. The second-order valence-corrected chi connectivity index (χ2v) is 4.61. The molecule has 100 valence electrons. The molecular weight excluding hydrogens is 269 g/mol. The van der Waals surface area contributed by atoms with Gasteiger partial charge in [-0.2, -0.15) is 5.10 Å². The molecule has 0 bridgehead atoms. The highest BCUT2D eigenvalue weighted by Gasteiger charge is 2.15. The van der Waals surface area contributed by atoms with Gasteiger partial charge < -0.3 is 5.32 Å². The van der Waals surface area contributed by atoms with Crippen molar-refractivity contribution in [1.29, 1.82) is 0 Å². The zero-order valence-corrected chi connectivity index (χ0v) is 12.1. The second kappa shape index (κ2) is 6.41. The number of fused-ring (bicyclic) bond motifs is 1. The van der Waals surface area contributed by atoms with E-state index in [1.165, 1.54) is 29.3 Å². The van der Waals surface area contributed by atoms with Crippen molar-refractivity contribution in [2.24, 2.45) is 7.05 Å². The first kappa shape index (κ1) is 15.3. The van der Waals surface area contributed by atoms with Gasteiger partial charge in [-0.1, -0.05) is 12.1 Å². The van der Waals surface area contributed by atoms with Crippen molar-refractivity contribution in [3.8, 4) is 0 Å². The van der Waals surface area contributed by atoms with E-state index in [2.05, 4.69) is 28.6 Å². The fourth-order valence-corrected chi connectivity index (χ4v) is 2.57. The lowest BCUT2D eigenvalue weighted by Gasteiger charge is -2.23. The first-order valence-electron chi connectivity index (χ1n) is 5.97. The molecule has 1 saturated heterocycles. The van der Waals surface area contributed by atoms with Crippen LogP contribution in [-0.4, -0.2) is 22.9 Å². The Morgan fingerprint density at radius 3 is 2.67 bits per heavy atom. The number of hydrogen-bond donors (Lipinski definition) is 1. The topological polar surface area (TPSA) is 29.9 Å². The van der Waals surface area contributed by atoms with Gasteiger partial charge in [-0.05, 0) is 43.5 Å². The Morgan fingerprint density at radius 2 is 1.94 bits per heavy atom. The number of nitrogens with zero attached hydrogens (tertiary/aromatic N) is 2. The molecule has 3 nitrogen and oxygen atoms in total. The molecule has 0 unspecified atom stereocenters. The minimum atomic E-state index is 0. The van der Waals surface area contributed by atoms with Crippen LogP contribution in [0, 0.1) is 0 Å². The third-order valence-corrected chi connectivity index (χ3v) is 3.58. The minimum Gasteiger partial charge on any atom is -0.317 e. The highest BCUT2D eigenvalue weighted by atomic mass is 35.5. The summed E-state index contributed by atoms with van der Waals surface area (Å²) in [5.41, 5.74) is 2.72. The van der Waals surface area contributed by atoms with E-state index in [-0.39, 0.29) is 24.8 Å². The molecule has 2 aromatic rings. The van der Waals surface area contributed by atoms with Gasteiger partial charge in [0.15, 0.2) is 0 Å². The maximum absolute atomic E-state index is 4.29. The van der Waals surface area contributed by atoms with Gasteiger partial charge in [-0.25, -0.2) is 0 Å². The summed E-state index contributed by atoms with van der Waals surface area (Å²) in [6.07, 6.45) is 4.44. The van der Waals surface area contributed by atoms with Crippen molar-refractivity contribution in [3.63, 3.8) is 0 Å². The van der Waals surface area contributed by atoms with E-state index >= 15 is 0 Å². The highest BCUT2D eigenvalue weighted by Crippen LogP contribution is 2.27. The Bertz CT molecular complexity index is 504. The van der Waals surface area contributed by atoms with Crippen LogP contribution in [0.4, 0.5) is 0 Å². The predicted octanol–water partition coefficient (Wildman–Crippen LogP) is 2.88. The number of rotatable bonds is 1. The van der Waals surface area contributed by atoms with Gasteiger partial charge in [0.05, 0.1) is 11.7 Å². The molecule has 0 saturated carbocycles. The van der Waals surface area contributed by atoms with Crippen molar-refractivity contribution < 1.29 is 0 Å². The number of aromatic nitrogens is 2. The third kappa shape index (κ3) is 2.79. The normalized spacial score (nSPS) is 16.1. The van der Waals surface area contributed by atoms with E-state index in [1.807, 2.05) is 17.9 Å². The molecule has 2 heterocycles. The molecule has 0 spiro atoms. The number of piperidine rings is 1. The minimum absolute atomic E-state index is 0. The Hall–Kier alpha value is -0.770. The summed E-state index contributed by atoms with van der Waals surface area (Å²) in [5, 5.41) is 8.93. The molecule has 5 heteroatoms. The van der Waals surface area contributed by atoms with Crippen molar-refractivity contribution in [1.82, 2.24) is 15.1 Å². The van der Waals surface area contributed by atoms with E-state index in [4.69, 9.17) is 0 Å². The molecule has 0 aliphatic carbocycles. The van der Waals surface area contributed by atoms with Gasteiger partial charge in [0.25, 0.3) is 0 Å². The number of aryl methyl sites for hydroxylation is 1. The van der Waals surface area contributed by atoms with Crippen molar-refractivity contribution in [2.45, 2.75) is 18.8 Å². The molecule has 1 N–H and O–H groups in total. The smallest absolute Gasteiger partial charge is 0.0681 e. The molecule has 1 aliphatic rings. The zero-order chi connectivity index (χ0) is 11.0. The summed E-state index contributed by atoms with van der Waals surface area (Å²) in [7, 11) is 2.01. The Balaban J connectivity index is 0.000000810. The number of halogens is 2. The van der Waals surface area contributed by atoms with Crippen LogP contribution in [0.15, 0.2) is 24.4 Å². The molecule has 18 heavy (non-hydrogen) atoms. The van der Waals surface area contributed by atoms with Crippen molar-refractivity contribution in [3.05, 3.63) is 30.0 Å². The van der Waals surface area contributed by atoms with Crippen LogP contribution in [0.5, 0.6) is 0 Å². The molecular formula is C13H19Cl2N3. The average Bonchev–Trinajstić information content (AvgIpc) is 2.72. The lowest BCUT2D eigenvalue weighted by atomic mass is 9.90. The monoisotopic (exact) mass is 287 g/mol. The molecule has 0 radical (unpaired) electrons. The lowest BCUT2D eigenvalue weighted by molar-refractivity contribution is 0.460. The Kier molecular flexibility index (Phi) is 5.45. The fraction of sp³-hybridized carbons (Fsp3) is 0.462. The van der Waals surface area contributed by atoms with E-state index in [1.54, 1.807) is 0 Å². The van der Waals surface area contributed by atoms with Gasteiger partial charge in [-0.3, -0.25) is 4.68 Å². The molecule has 1 fully saturated rings. The standard InChI is InChI=1S/C13H17N3.2ClH/c1-16-13-8-11(2-3-12(13)9-15-16)10-4-6-14-7-5-10;;/h2-3,8-10,14H,4-7H2,1H3;2*1H. The molecule has 3 rings (SSSR count). The number of benzene rings is 1. The van der Waals surface area contributed by atoms with Crippen LogP contribution in [0.3, 0.4) is 0 Å². The quantitative estimate of drug-likeness (QED) is 0.874. The van der Waals surface area contributed by atoms with Crippen molar-refractivity contribution in [2.75, 3.05) is 13.1 Å². The second-order valence-electron chi connectivity index (χ2n) is 4.61. The van der Waals surface area contributed by atoms with Crippen LogP contribution < -0.4 is 5.32 Å². The molecule has 1 aromatic carbocycles. The first-order valence-corrected chi connectivity index (χ1v) is 5.97. The number of hydrogen-bond acceptors (Lipinski definition) is 2. The van der Waals surface area contributed by atoms with Crippen LogP contribution >= 0.6 is 24.8 Å². The van der Waals surface area contributed by atoms with Gasteiger partial charge in [0.1, 0.15) is 0 Å². The van der Waals surface area contributed by atoms with Gasteiger partial charge in [-0.15, -0.1) is 24.8 Å². The molecule has 0 atom stereocenters. The lowest BCUT2D eigenvalue weighted by Crippen LogP contribution is -2.26. The highest BCUT2D eigenvalue weighted by molar-refractivity contribution is 5.85. The van der Waals surface area contributed by atoms with Crippen molar-refractivity contribution >= 4 is 35.7 Å². The van der Waals surface area contributed by atoms with Crippen LogP contribution in [-0.2, 0) is 7.05 Å². The first-order chi connectivity index (χ1) is 7.84. The summed E-state index contributed by atoms with van der Waals surface area (Å²) in [5.74, 6) is 0.723. The molecule has 1 aromatic heterocycles. The third-order valence-electron chi connectivity index (χ3n) is 3.58. The fourth-order valence-electron chi connectivity index (χ4n) is 2.57. The Labute approximate surface area is 120 Å². The van der Waals surface area contributed by atoms with E-state index in [0.29, 0.717) is 0 Å². The molecule has 1 aliphatic heterocycles. The van der Waals surface area contributed by atoms with Crippen LogP contribution in [0.1, 0.15) is 24.3 Å². The van der Waals surface area contributed by atoms with Gasteiger partial charge >= 0.3 is 0 Å². The SMILES string of the molecule is Cl.Cl.Cn1ncc2ccc(C3CCNCC3)cc21. The van der Waals surface area contributed by atoms with E-state index in [9.17, 15) is 0 Å². The maximum atomic E-state index is 4.29. The number of nitrogens with one attached hydrogen (secondary N) is 1. The van der Waals surface area contributed by atoms with Crippen LogP contribution in [0.25, 0.3) is 10.9 Å². The average molecular weight is 288 g/mol. The van der Waals surface area contributed by atoms with Crippen LogP contribution in [0.2, 0.25) is 0 Å².